The second-order valence-corrected chi connectivity index (χ2v) is 30.5. The van der Waals surface area contributed by atoms with Crippen molar-refractivity contribution in [3.63, 3.8) is 0 Å². The first kappa shape index (κ1) is 91.1. The minimum Gasteiger partial charge on any atom is -0.462 e. The van der Waals surface area contributed by atoms with E-state index in [0.29, 0.717) is 25.7 Å². The van der Waals surface area contributed by atoms with Gasteiger partial charge in [-0.15, -0.1) is 0 Å². The van der Waals surface area contributed by atoms with Crippen LogP contribution in [0.25, 0.3) is 0 Å². The lowest BCUT2D eigenvalue weighted by molar-refractivity contribution is -0.161. The summed E-state index contributed by atoms with van der Waals surface area (Å²) in [5, 5.41) is 10.6. The number of phosphoric acid groups is 2. The lowest BCUT2D eigenvalue weighted by Gasteiger charge is -2.21. The van der Waals surface area contributed by atoms with Crippen molar-refractivity contribution in [3.8, 4) is 0 Å². The molecule has 2 unspecified atom stereocenters. The molecule has 3 N–H and O–H groups in total. The van der Waals surface area contributed by atoms with Crippen molar-refractivity contribution in [2.24, 2.45) is 11.8 Å². The van der Waals surface area contributed by atoms with Gasteiger partial charge in [0, 0.05) is 25.7 Å². The van der Waals surface area contributed by atoms with E-state index >= 15 is 0 Å². The van der Waals surface area contributed by atoms with Gasteiger partial charge in [0.1, 0.15) is 19.3 Å². The van der Waals surface area contributed by atoms with Gasteiger partial charge in [-0.1, -0.05) is 330 Å². The van der Waals surface area contributed by atoms with E-state index in [1.807, 2.05) is 0 Å². The Labute approximate surface area is 568 Å². The van der Waals surface area contributed by atoms with Gasteiger partial charge in [0.2, 0.25) is 0 Å². The molecule has 552 valence electrons. The number of unbranched alkanes of at least 4 members (excludes halogenated alkanes) is 43. The van der Waals surface area contributed by atoms with Crippen LogP contribution < -0.4 is 0 Å². The number of carbonyl (C=O) groups excluding carboxylic acids is 4. The van der Waals surface area contributed by atoms with E-state index in [-0.39, 0.29) is 25.7 Å². The van der Waals surface area contributed by atoms with Crippen molar-refractivity contribution in [2.45, 2.75) is 400 Å². The zero-order valence-corrected chi connectivity index (χ0v) is 62.3. The SMILES string of the molecule is CCCCCCCCCCCCCCC(=O)O[C@H](COC(=O)CCCCCCCCCC)COP(=O)(O)OC[C@H](O)COP(=O)(O)OC[C@@H](COC(=O)CCCCCCCCCCCCCCC(C)C)OC(=O)CCCCCCCCCCCCCCCCCC(C)C. The lowest BCUT2D eigenvalue weighted by atomic mass is 10.0. The lowest BCUT2D eigenvalue weighted by Crippen LogP contribution is -2.30. The minimum atomic E-state index is -4.96. The molecule has 0 bridgehead atoms. The Morgan fingerprint density at radius 1 is 0.290 bits per heavy atom. The van der Waals surface area contributed by atoms with Crippen LogP contribution in [-0.2, 0) is 65.4 Å². The van der Waals surface area contributed by atoms with E-state index in [1.54, 1.807) is 0 Å². The molecule has 93 heavy (non-hydrogen) atoms. The molecule has 0 heterocycles. The number of aliphatic hydroxyl groups excluding tert-OH is 1. The molecule has 0 aliphatic rings. The van der Waals surface area contributed by atoms with E-state index < -0.39 is 97.5 Å². The van der Waals surface area contributed by atoms with Crippen molar-refractivity contribution < 1.29 is 80.2 Å². The van der Waals surface area contributed by atoms with E-state index in [0.717, 1.165) is 108 Å². The number of carbonyl (C=O) groups is 4. The number of ether oxygens (including phenoxy) is 4. The summed E-state index contributed by atoms with van der Waals surface area (Å²) in [7, 11) is -9.90. The fourth-order valence-electron chi connectivity index (χ4n) is 11.3. The fourth-order valence-corrected chi connectivity index (χ4v) is 12.9. The molecule has 0 radical (unpaired) electrons. The summed E-state index contributed by atoms with van der Waals surface area (Å²) in [5.74, 6) is -0.535. The third-order valence-electron chi connectivity index (χ3n) is 17.2. The number of phosphoric ester groups is 2. The van der Waals surface area contributed by atoms with Crippen LogP contribution in [0.2, 0.25) is 0 Å². The Kier molecular flexibility index (Phi) is 64.6. The summed E-state index contributed by atoms with van der Waals surface area (Å²) < 4.78 is 68.4. The maximum absolute atomic E-state index is 13.1. The molecular weight excluding hydrogens is 1220 g/mol. The Morgan fingerprint density at radius 3 is 0.731 bits per heavy atom. The van der Waals surface area contributed by atoms with E-state index in [2.05, 4.69) is 41.5 Å². The van der Waals surface area contributed by atoms with Crippen LogP contribution in [-0.4, -0.2) is 96.7 Å². The summed E-state index contributed by atoms with van der Waals surface area (Å²) in [6, 6.07) is 0. The van der Waals surface area contributed by atoms with Crippen molar-refractivity contribution in [1.29, 1.82) is 0 Å². The Morgan fingerprint density at radius 2 is 0.495 bits per heavy atom. The largest absolute Gasteiger partial charge is 0.472 e. The maximum Gasteiger partial charge on any atom is 0.472 e. The first-order valence-corrected chi connectivity index (χ1v) is 41.5. The average molecular weight is 1370 g/mol. The highest BCUT2D eigenvalue weighted by Crippen LogP contribution is 2.45. The summed E-state index contributed by atoms with van der Waals surface area (Å²) in [4.78, 5) is 72.6. The second kappa shape index (κ2) is 66.0. The molecule has 5 atom stereocenters. The number of aliphatic hydroxyl groups is 1. The fraction of sp³-hybridized carbons (Fsp3) is 0.946. The van der Waals surface area contributed by atoms with Crippen LogP contribution in [0.5, 0.6) is 0 Å². The van der Waals surface area contributed by atoms with Gasteiger partial charge in [-0.3, -0.25) is 37.3 Å². The zero-order valence-electron chi connectivity index (χ0n) is 60.6. The highest BCUT2D eigenvalue weighted by molar-refractivity contribution is 7.47. The highest BCUT2D eigenvalue weighted by atomic mass is 31.2. The van der Waals surface area contributed by atoms with Crippen LogP contribution in [0.1, 0.15) is 382 Å². The molecule has 0 aliphatic heterocycles. The smallest absolute Gasteiger partial charge is 0.462 e. The number of rotatable bonds is 73. The predicted octanol–water partition coefficient (Wildman–Crippen LogP) is 21.6. The first-order valence-electron chi connectivity index (χ1n) is 38.5. The van der Waals surface area contributed by atoms with Crippen molar-refractivity contribution in [3.05, 3.63) is 0 Å². The van der Waals surface area contributed by atoms with Gasteiger partial charge in [-0.25, -0.2) is 9.13 Å². The second-order valence-electron chi connectivity index (χ2n) is 27.6. The molecule has 0 aromatic heterocycles. The van der Waals surface area contributed by atoms with Crippen LogP contribution in [0.15, 0.2) is 0 Å². The standard InChI is InChI=1S/C74H144O17P2/c1-7-9-11-13-15-17-18-28-34-40-46-52-58-73(78)90-69(62-84-71(76)56-50-44-38-16-14-12-10-8-2)64-88-92(80,81)86-60-68(75)61-87-93(82,83)89-65-70(63-85-72(77)57-51-45-39-33-29-25-24-27-32-37-43-49-55-67(5)6)91-74(79)59-53-47-41-35-30-23-21-19-20-22-26-31-36-42-48-54-66(3)4/h66-70,75H,7-65H2,1-6H3,(H,80,81)(H,82,83)/t68-,69+,70+/m0/s1. The highest BCUT2D eigenvalue weighted by Gasteiger charge is 2.30. The Balaban J connectivity index is 5.21. The zero-order chi connectivity index (χ0) is 68.6. The van der Waals surface area contributed by atoms with Gasteiger partial charge in [-0.05, 0) is 37.5 Å². The van der Waals surface area contributed by atoms with Crippen molar-refractivity contribution in [1.82, 2.24) is 0 Å². The summed E-state index contributed by atoms with van der Waals surface area (Å²) in [5.41, 5.74) is 0. The minimum absolute atomic E-state index is 0.107. The quantitative estimate of drug-likeness (QED) is 0.0222. The molecule has 19 heteroatoms. The van der Waals surface area contributed by atoms with E-state index in [9.17, 15) is 43.2 Å². The third kappa shape index (κ3) is 68.4. The van der Waals surface area contributed by atoms with Gasteiger partial charge in [0.05, 0.1) is 26.4 Å². The number of hydrogen-bond donors (Lipinski definition) is 3. The Bertz CT molecular complexity index is 1800. The van der Waals surface area contributed by atoms with Crippen molar-refractivity contribution >= 4 is 39.5 Å². The van der Waals surface area contributed by atoms with E-state index in [1.165, 1.54) is 193 Å². The van der Waals surface area contributed by atoms with Crippen molar-refractivity contribution in [2.75, 3.05) is 39.6 Å². The third-order valence-corrected chi connectivity index (χ3v) is 19.1. The summed E-state index contributed by atoms with van der Waals surface area (Å²) in [6.45, 7) is 9.60. The molecule has 0 amide bonds. The van der Waals surface area contributed by atoms with Gasteiger partial charge >= 0.3 is 39.5 Å². The monoisotopic (exact) mass is 1370 g/mol. The molecule has 0 aromatic carbocycles. The molecular formula is C74H144O17P2. The topological polar surface area (TPSA) is 237 Å². The van der Waals surface area contributed by atoms with Crippen LogP contribution in [0, 0.1) is 11.8 Å². The molecule has 0 aromatic rings. The number of esters is 4. The molecule has 0 rings (SSSR count). The normalized spacial score (nSPS) is 14.1. The van der Waals surface area contributed by atoms with Gasteiger partial charge in [0.25, 0.3) is 0 Å². The Hall–Kier alpha value is -1.94. The van der Waals surface area contributed by atoms with E-state index in [4.69, 9.17) is 37.0 Å². The molecule has 0 saturated heterocycles. The molecule has 0 aliphatic carbocycles. The molecule has 0 fully saturated rings. The van der Waals surface area contributed by atoms with Gasteiger partial charge in [0.15, 0.2) is 12.2 Å². The summed E-state index contributed by atoms with van der Waals surface area (Å²) >= 11 is 0. The predicted molar refractivity (Wildman–Crippen MR) is 377 cm³/mol. The maximum atomic E-state index is 13.1. The first-order chi connectivity index (χ1) is 44.9. The molecule has 0 saturated carbocycles. The number of hydrogen-bond acceptors (Lipinski definition) is 15. The van der Waals surface area contributed by atoms with Gasteiger partial charge < -0.3 is 33.8 Å². The summed E-state index contributed by atoms with van der Waals surface area (Å²) in [6.07, 6.45) is 52.7. The van der Waals surface area contributed by atoms with Crippen LogP contribution in [0.4, 0.5) is 0 Å². The molecule has 0 spiro atoms. The van der Waals surface area contributed by atoms with Gasteiger partial charge in [-0.2, -0.15) is 0 Å². The van der Waals surface area contributed by atoms with Crippen LogP contribution >= 0.6 is 15.6 Å². The molecule has 17 nitrogen and oxygen atoms in total. The van der Waals surface area contributed by atoms with Crippen LogP contribution in [0.3, 0.4) is 0 Å². The average Bonchev–Trinajstić information content (AvgIpc) is 2.61.